The molecular formula is C22H24N4O3S. The summed E-state index contributed by atoms with van der Waals surface area (Å²) in [5.74, 6) is 0.198. The first-order valence-corrected chi connectivity index (χ1v) is 11.4. The summed E-state index contributed by atoms with van der Waals surface area (Å²) in [5.41, 5.74) is 2.52. The van der Waals surface area contributed by atoms with E-state index in [2.05, 4.69) is 15.3 Å². The first-order chi connectivity index (χ1) is 14.4. The Balaban J connectivity index is 1.49. The maximum atomic E-state index is 13.3. The number of anilines is 1. The fraction of sp³-hybridized carbons (Fsp3) is 0.318. The third-order valence-electron chi connectivity index (χ3n) is 5.62. The van der Waals surface area contributed by atoms with Crippen molar-refractivity contribution in [1.29, 1.82) is 0 Å². The van der Waals surface area contributed by atoms with Gasteiger partial charge in [-0.25, -0.2) is 13.4 Å². The number of carbonyl (C=O) groups excluding carboxylic acids is 1. The molecule has 0 aliphatic carbocycles. The van der Waals surface area contributed by atoms with E-state index in [1.807, 2.05) is 26.0 Å². The van der Waals surface area contributed by atoms with Gasteiger partial charge in [0.2, 0.25) is 15.9 Å². The molecule has 1 aromatic carbocycles. The van der Waals surface area contributed by atoms with Gasteiger partial charge in [0.25, 0.3) is 0 Å². The van der Waals surface area contributed by atoms with Crippen LogP contribution in [0.5, 0.6) is 0 Å². The molecule has 1 amide bonds. The highest BCUT2D eigenvalue weighted by atomic mass is 32.2. The van der Waals surface area contributed by atoms with Crippen molar-refractivity contribution in [3.8, 4) is 0 Å². The Labute approximate surface area is 176 Å². The van der Waals surface area contributed by atoms with E-state index >= 15 is 0 Å². The van der Waals surface area contributed by atoms with Crippen LogP contribution < -0.4 is 5.32 Å². The molecule has 3 heterocycles. The number of amides is 1. The molecule has 1 N–H and O–H groups in total. The monoisotopic (exact) mass is 424 g/mol. The number of pyridine rings is 2. The normalized spacial score (nSPS) is 15.9. The maximum absolute atomic E-state index is 13.3. The average Bonchev–Trinajstić information content (AvgIpc) is 2.75. The molecule has 0 spiro atoms. The van der Waals surface area contributed by atoms with Crippen molar-refractivity contribution in [2.24, 2.45) is 5.92 Å². The summed E-state index contributed by atoms with van der Waals surface area (Å²) in [6.07, 6.45) is 4.25. The van der Waals surface area contributed by atoms with Gasteiger partial charge in [0.1, 0.15) is 5.82 Å². The number of nitrogens with zero attached hydrogens (tertiary/aromatic N) is 3. The van der Waals surface area contributed by atoms with Crippen LogP contribution in [0.15, 0.2) is 53.7 Å². The topological polar surface area (TPSA) is 92.3 Å². The Morgan fingerprint density at radius 2 is 1.70 bits per heavy atom. The molecule has 0 unspecified atom stereocenters. The Kier molecular flexibility index (Phi) is 5.53. The van der Waals surface area contributed by atoms with Gasteiger partial charge in [0, 0.05) is 36.8 Å². The molecule has 7 nitrogen and oxygen atoms in total. The van der Waals surface area contributed by atoms with E-state index in [0.717, 1.165) is 11.1 Å². The second kappa shape index (κ2) is 8.12. The second-order valence-electron chi connectivity index (χ2n) is 7.62. The molecule has 3 aromatic rings. The van der Waals surface area contributed by atoms with Crippen molar-refractivity contribution in [2.75, 3.05) is 18.4 Å². The van der Waals surface area contributed by atoms with Gasteiger partial charge in [-0.2, -0.15) is 4.31 Å². The van der Waals surface area contributed by atoms with E-state index in [1.54, 1.807) is 36.7 Å². The molecule has 8 heteroatoms. The summed E-state index contributed by atoms with van der Waals surface area (Å²) >= 11 is 0. The number of hydrogen-bond acceptors (Lipinski definition) is 5. The van der Waals surface area contributed by atoms with E-state index in [1.165, 1.54) is 4.31 Å². The van der Waals surface area contributed by atoms with Crippen LogP contribution in [-0.4, -0.2) is 41.7 Å². The highest BCUT2D eigenvalue weighted by Gasteiger charge is 2.33. The molecule has 1 aliphatic heterocycles. The Bertz CT molecular complexity index is 1200. The van der Waals surface area contributed by atoms with E-state index in [4.69, 9.17) is 0 Å². The van der Waals surface area contributed by atoms with Crippen LogP contribution in [0.1, 0.15) is 24.0 Å². The zero-order valence-corrected chi connectivity index (χ0v) is 17.8. The van der Waals surface area contributed by atoms with E-state index in [-0.39, 0.29) is 16.7 Å². The van der Waals surface area contributed by atoms with Crippen molar-refractivity contribution in [3.05, 3.63) is 59.9 Å². The minimum atomic E-state index is -3.67. The molecule has 0 bridgehead atoms. The molecule has 30 heavy (non-hydrogen) atoms. The van der Waals surface area contributed by atoms with Crippen LogP contribution in [0, 0.1) is 19.8 Å². The number of piperidine rings is 1. The molecule has 1 fully saturated rings. The number of aromatic nitrogens is 2. The summed E-state index contributed by atoms with van der Waals surface area (Å²) < 4.78 is 28.1. The number of aryl methyl sites for hydroxylation is 2. The third kappa shape index (κ3) is 3.80. The minimum Gasteiger partial charge on any atom is -0.310 e. The van der Waals surface area contributed by atoms with Gasteiger partial charge in [-0.15, -0.1) is 0 Å². The second-order valence-corrected chi connectivity index (χ2v) is 9.52. The predicted octanol–water partition coefficient (Wildman–Crippen LogP) is 3.29. The van der Waals surface area contributed by atoms with Crippen LogP contribution in [0.4, 0.5) is 5.82 Å². The summed E-state index contributed by atoms with van der Waals surface area (Å²) in [7, 11) is -3.67. The van der Waals surface area contributed by atoms with Crippen molar-refractivity contribution in [1.82, 2.24) is 14.3 Å². The van der Waals surface area contributed by atoms with E-state index in [9.17, 15) is 13.2 Å². The molecule has 2 aromatic heterocycles. The largest absolute Gasteiger partial charge is 0.310 e. The van der Waals surface area contributed by atoms with E-state index < -0.39 is 10.0 Å². The molecular weight excluding hydrogens is 400 g/mol. The lowest BCUT2D eigenvalue weighted by Crippen LogP contribution is -2.41. The minimum absolute atomic E-state index is 0.112. The fourth-order valence-electron chi connectivity index (χ4n) is 3.85. The number of fused-ring (bicyclic) bond motifs is 1. The molecule has 0 radical (unpaired) electrons. The standard InChI is InChI=1S/C22H24N4O3S/c1-15-7-8-19(18-6-4-11-23-20(15)18)30(28,29)26-13-9-17(10-14-26)22(27)25-21-16(2)5-3-12-24-21/h3-8,11-12,17H,9-10,13-14H2,1-2H3,(H,24,25,27). The van der Waals surface area contributed by atoms with Gasteiger partial charge < -0.3 is 5.32 Å². The fourth-order valence-corrected chi connectivity index (χ4v) is 5.50. The summed E-state index contributed by atoms with van der Waals surface area (Å²) in [5, 5.41) is 3.50. The van der Waals surface area contributed by atoms with Gasteiger partial charge in [-0.05, 0) is 62.1 Å². The Morgan fingerprint density at radius 3 is 2.43 bits per heavy atom. The zero-order valence-electron chi connectivity index (χ0n) is 17.0. The highest BCUT2D eigenvalue weighted by molar-refractivity contribution is 7.89. The van der Waals surface area contributed by atoms with Gasteiger partial charge in [-0.3, -0.25) is 9.78 Å². The summed E-state index contributed by atoms with van der Waals surface area (Å²) in [4.78, 5) is 21.4. The van der Waals surface area contributed by atoms with Crippen molar-refractivity contribution in [3.63, 3.8) is 0 Å². The van der Waals surface area contributed by atoms with Gasteiger partial charge >= 0.3 is 0 Å². The first-order valence-electron chi connectivity index (χ1n) is 9.95. The lowest BCUT2D eigenvalue weighted by atomic mass is 9.97. The third-order valence-corrected chi connectivity index (χ3v) is 7.58. The highest BCUT2D eigenvalue weighted by Crippen LogP contribution is 2.30. The van der Waals surface area contributed by atoms with Crippen LogP contribution in [0.25, 0.3) is 10.9 Å². The maximum Gasteiger partial charge on any atom is 0.243 e. The Hall–Kier alpha value is -2.84. The first kappa shape index (κ1) is 20.4. The molecule has 0 saturated carbocycles. The van der Waals surface area contributed by atoms with Crippen molar-refractivity contribution < 1.29 is 13.2 Å². The lowest BCUT2D eigenvalue weighted by Gasteiger charge is -2.30. The lowest BCUT2D eigenvalue weighted by molar-refractivity contribution is -0.120. The van der Waals surface area contributed by atoms with Crippen LogP contribution in [-0.2, 0) is 14.8 Å². The smallest absolute Gasteiger partial charge is 0.243 e. The van der Waals surface area contributed by atoms with E-state index in [0.29, 0.717) is 42.7 Å². The SMILES string of the molecule is Cc1cccnc1NC(=O)C1CCN(S(=O)(=O)c2ccc(C)c3ncccc23)CC1. The number of sulfonamides is 1. The summed E-state index contributed by atoms with van der Waals surface area (Å²) in [6.45, 7) is 4.41. The zero-order chi connectivity index (χ0) is 21.3. The molecule has 156 valence electrons. The van der Waals surface area contributed by atoms with Gasteiger partial charge in [0.05, 0.1) is 10.4 Å². The number of rotatable bonds is 4. The quantitative estimate of drug-likeness (QED) is 0.694. The Morgan fingerprint density at radius 1 is 1.00 bits per heavy atom. The average molecular weight is 425 g/mol. The molecule has 1 aliphatic rings. The van der Waals surface area contributed by atoms with Crippen LogP contribution in [0.2, 0.25) is 0 Å². The van der Waals surface area contributed by atoms with Crippen LogP contribution >= 0.6 is 0 Å². The number of hydrogen-bond donors (Lipinski definition) is 1. The molecule has 1 saturated heterocycles. The predicted molar refractivity (Wildman–Crippen MR) is 116 cm³/mol. The van der Waals surface area contributed by atoms with Gasteiger partial charge in [0.15, 0.2) is 0 Å². The summed E-state index contributed by atoms with van der Waals surface area (Å²) in [6, 6.07) is 10.7. The number of nitrogens with one attached hydrogen (secondary N) is 1. The van der Waals surface area contributed by atoms with Crippen molar-refractivity contribution >= 4 is 32.7 Å². The molecule has 4 rings (SSSR count). The number of carbonyl (C=O) groups is 1. The van der Waals surface area contributed by atoms with Crippen LogP contribution in [0.3, 0.4) is 0 Å². The van der Waals surface area contributed by atoms with Crippen molar-refractivity contribution in [2.45, 2.75) is 31.6 Å². The number of benzene rings is 1. The van der Waals surface area contributed by atoms with Gasteiger partial charge in [-0.1, -0.05) is 12.1 Å². The molecule has 0 atom stereocenters.